The molecule has 1 aromatic heterocycles. The van der Waals surface area contributed by atoms with Crippen molar-refractivity contribution < 1.29 is 9.90 Å². The van der Waals surface area contributed by atoms with E-state index < -0.39 is 6.10 Å². The highest BCUT2D eigenvalue weighted by atomic mass is 16.3. The maximum atomic E-state index is 11.7. The van der Waals surface area contributed by atoms with E-state index in [4.69, 9.17) is 4.98 Å². The number of carbonyl (C=O) groups is 1. The zero-order valence-corrected chi connectivity index (χ0v) is 14.2. The van der Waals surface area contributed by atoms with Crippen molar-refractivity contribution in [2.45, 2.75) is 52.7 Å². The van der Waals surface area contributed by atoms with Gasteiger partial charge in [-0.3, -0.25) is 4.79 Å². The zero-order chi connectivity index (χ0) is 16.8. The van der Waals surface area contributed by atoms with E-state index in [0.717, 1.165) is 23.4 Å². The third-order valence-corrected chi connectivity index (χ3v) is 3.74. The van der Waals surface area contributed by atoms with Gasteiger partial charge in [-0.25, -0.2) is 4.98 Å². The van der Waals surface area contributed by atoms with Crippen molar-refractivity contribution in [3.05, 3.63) is 30.1 Å². The maximum Gasteiger partial charge on any atom is 0.220 e. The van der Waals surface area contributed by atoms with Crippen LogP contribution in [0.15, 0.2) is 24.3 Å². The number of fused-ring (bicyclic) bond motifs is 1. The number of aliphatic hydroxyl groups is 1. The number of nitrogens with zero attached hydrogens (tertiary/aromatic N) is 2. The molecular formula is C18H27N3O2. The summed E-state index contributed by atoms with van der Waals surface area (Å²) in [4.78, 5) is 16.4. The molecule has 23 heavy (non-hydrogen) atoms. The Bertz CT molecular complexity index is 647. The summed E-state index contributed by atoms with van der Waals surface area (Å²) in [7, 11) is 0. The number of hydrogen-bond donors (Lipinski definition) is 2. The largest absolute Gasteiger partial charge is 0.393 e. The second-order valence-electron chi connectivity index (χ2n) is 6.51. The molecule has 0 aliphatic carbocycles. The number of imidazole rings is 1. The molecule has 0 unspecified atom stereocenters. The topological polar surface area (TPSA) is 67.2 Å². The van der Waals surface area contributed by atoms with Gasteiger partial charge < -0.3 is 15.0 Å². The fourth-order valence-corrected chi connectivity index (χ4v) is 2.63. The van der Waals surface area contributed by atoms with E-state index >= 15 is 0 Å². The highest BCUT2D eigenvalue weighted by Crippen LogP contribution is 2.18. The van der Waals surface area contributed by atoms with Gasteiger partial charge in [0.1, 0.15) is 5.82 Å². The molecule has 1 amide bonds. The van der Waals surface area contributed by atoms with Gasteiger partial charge in [-0.05, 0) is 31.4 Å². The van der Waals surface area contributed by atoms with Crippen LogP contribution in [0.1, 0.15) is 39.4 Å². The molecule has 1 heterocycles. The average molecular weight is 317 g/mol. The monoisotopic (exact) mass is 317 g/mol. The number of benzene rings is 1. The van der Waals surface area contributed by atoms with Crippen LogP contribution in [0.4, 0.5) is 0 Å². The minimum Gasteiger partial charge on any atom is -0.393 e. The van der Waals surface area contributed by atoms with Gasteiger partial charge in [0.15, 0.2) is 0 Å². The fraction of sp³-hybridized carbons (Fsp3) is 0.556. The molecule has 0 fully saturated rings. The molecule has 2 rings (SSSR count). The SMILES string of the molecule is CC(C)Cn1c(CCNC(=O)CC[C@H](C)O)nc2ccccc21. The summed E-state index contributed by atoms with van der Waals surface area (Å²) in [5.41, 5.74) is 2.15. The van der Waals surface area contributed by atoms with E-state index in [1.54, 1.807) is 6.92 Å². The van der Waals surface area contributed by atoms with Crippen molar-refractivity contribution in [3.8, 4) is 0 Å². The number of aromatic nitrogens is 2. The van der Waals surface area contributed by atoms with E-state index in [1.807, 2.05) is 18.2 Å². The number of aliphatic hydroxyl groups excluding tert-OH is 1. The van der Waals surface area contributed by atoms with E-state index in [9.17, 15) is 9.90 Å². The predicted octanol–water partition coefficient (Wildman–Crippen LogP) is 2.51. The van der Waals surface area contributed by atoms with Gasteiger partial charge in [-0.15, -0.1) is 0 Å². The third-order valence-electron chi connectivity index (χ3n) is 3.74. The van der Waals surface area contributed by atoms with Crippen LogP contribution in [0.3, 0.4) is 0 Å². The molecule has 1 atom stereocenters. The van der Waals surface area contributed by atoms with Crippen LogP contribution >= 0.6 is 0 Å². The van der Waals surface area contributed by atoms with Crippen molar-refractivity contribution in [1.29, 1.82) is 0 Å². The summed E-state index contributed by atoms with van der Waals surface area (Å²) >= 11 is 0. The number of hydrogen-bond acceptors (Lipinski definition) is 3. The lowest BCUT2D eigenvalue weighted by molar-refractivity contribution is -0.121. The number of amides is 1. The lowest BCUT2D eigenvalue weighted by atomic mass is 10.2. The first-order valence-corrected chi connectivity index (χ1v) is 8.36. The molecule has 1 aromatic carbocycles. The maximum absolute atomic E-state index is 11.7. The normalized spacial score (nSPS) is 12.7. The van der Waals surface area contributed by atoms with Gasteiger partial charge in [0.05, 0.1) is 17.1 Å². The van der Waals surface area contributed by atoms with Crippen LogP contribution in [0.5, 0.6) is 0 Å². The van der Waals surface area contributed by atoms with E-state index in [0.29, 0.717) is 31.7 Å². The number of rotatable bonds is 8. The van der Waals surface area contributed by atoms with Gasteiger partial charge >= 0.3 is 0 Å². The Morgan fingerprint density at radius 2 is 2.04 bits per heavy atom. The molecule has 0 saturated heterocycles. The first-order valence-electron chi connectivity index (χ1n) is 8.36. The van der Waals surface area contributed by atoms with Gasteiger partial charge in [-0.1, -0.05) is 26.0 Å². The molecule has 0 saturated carbocycles. The minimum atomic E-state index is -0.434. The Labute approximate surface area is 137 Å². The highest BCUT2D eigenvalue weighted by molar-refractivity contribution is 5.76. The van der Waals surface area contributed by atoms with Crippen LogP contribution < -0.4 is 5.32 Å². The van der Waals surface area contributed by atoms with Crippen molar-refractivity contribution in [1.82, 2.24) is 14.9 Å². The molecule has 0 aliphatic rings. The molecule has 2 N–H and O–H groups in total. The van der Waals surface area contributed by atoms with E-state index in [-0.39, 0.29) is 5.91 Å². The molecule has 5 nitrogen and oxygen atoms in total. The Kier molecular flexibility index (Phi) is 6.16. The first-order chi connectivity index (χ1) is 11.0. The van der Waals surface area contributed by atoms with Crippen LogP contribution in [0, 0.1) is 5.92 Å². The van der Waals surface area contributed by atoms with Gasteiger partial charge in [0, 0.05) is 25.9 Å². The molecule has 0 radical (unpaired) electrons. The Morgan fingerprint density at radius 1 is 1.30 bits per heavy atom. The molecule has 0 spiro atoms. The smallest absolute Gasteiger partial charge is 0.220 e. The zero-order valence-electron chi connectivity index (χ0n) is 14.2. The van der Waals surface area contributed by atoms with Crippen LogP contribution in [0.2, 0.25) is 0 Å². The van der Waals surface area contributed by atoms with Gasteiger partial charge in [-0.2, -0.15) is 0 Å². The quantitative estimate of drug-likeness (QED) is 0.786. The van der Waals surface area contributed by atoms with Gasteiger partial charge in [0.25, 0.3) is 0 Å². The number of nitrogens with one attached hydrogen (secondary N) is 1. The van der Waals surface area contributed by atoms with Crippen molar-refractivity contribution in [2.24, 2.45) is 5.92 Å². The van der Waals surface area contributed by atoms with E-state index in [1.165, 1.54) is 0 Å². The highest BCUT2D eigenvalue weighted by Gasteiger charge is 2.12. The van der Waals surface area contributed by atoms with Crippen LogP contribution in [-0.2, 0) is 17.8 Å². The molecule has 5 heteroatoms. The Hall–Kier alpha value is -1.88. The number of carbonyl (C=O) groups excluding carboxylic acids is 1. The Morgan fingerprint density at radius 3 is 2.74 bits per heavy atom. The van der Waals surface area contributed by atoms with Crippen LogP contribution in [0.25, 0.3) is 11.0 Å². The first kappa shape index (κ1) is 17.5. The Balaban J connectivity index is 2.00. The second-order valence-corrected chi connectivity index (χ2v) is 6.51. The molecular weight excluding hydrogens is 290 g/mol. The summed E-state index contributed by atoms with van der Waals surface area (Å²) < 4.78 is 2.25. The van der Waals surface area contributed by atoms with Crippen molar-refractivity contribution >= 4 is 16.9 Å². The fourth-order valence-electron chi connectivity index (χ4n) is 2.63. The molecule has 0 bridgehead atoms. The molecule has 2 aromatic rings. The second kappa shape index (κ2) is 8.11. The van der Waals surface area contributed by atoms with Crippen molar-refractivity contribution in [2.75, 3.05) is 6.54 Å². The standard InChI is InChI=1S/C18H27N3O2/c1-13(2)12-21-16-7-5-4-6-15(16)20-17(21)10-11-19-18(23)9-8-14(3)22/h4-7,13-14,22H,8-12H2,1-3H3,(H,19,23)/t14-/m0/s1. The third kappa shape index (κ3) is 5.06. The molecule has 126 valence electrons. The molecule has 0 aliphatic heterocycles. The summed E-state index contributed by atoms with van der Waals surface area (Å²) in [6, 6.07) is 8.14. The lowest BCUT2D eigenvalue weighted by Crippen LogP contribution is -2.27. The minimum absolute atomic E-state index is 0.0163. The van der Waals surface area contributed by atoms with Crippen molar-refractivity contribution in [3.63, 3.8) is 0 Å². The predicted molar refractivity (Wildman–Crippen MR) is 92.2 cm³/mol. The summed E-state index contributed by atoms with van der Waals surface area (Å²) in [6.45, 7) is 7.57. The summed E-state index contributed by atoms with van der Waals surface area (Å²) in [6.07, 6.45) is 1.13. The summed E-state index contributed by atoms with van der Waals surface area (Å²) in [5.74, 6) is 1.53. The number of para-hydroxylation sites is 2. The summed E-state index contributed by atoms with van der Waals surface area (Å²) in [5, 5.41) is 12.1. The van der Waals surface area contributed by atoms with Gasteiger partial charge in [0.2, 0.25) is 5.91 Å². The average Bonchev–Trinajstić information content (AvgIpc) is 2.83. The lowest BCUT2D eigenvalue weighted by Gasteiger charge is -2.12. The van der Waals surface area contributed by atoms with E-state index in [2.05, 4.69) is 29.8 Å². The van der Waals surface area contributed by atoms with Crippen LogP contribution in [-0.4, -0.2) is 33.2 Å².